The number of ether oxygens (including phenoxy) is 3. The molecule has 0 fully saturated rings. The van der Waals surface area contributed by atoms with Crippen molar-refractivity contribution in [1.29, 1.82) is 0 Å². The summed E-state index contributed by atoms with van der Waals surface area (Å²) < 4.78 is 17.4. The number of hydrogen-bond acceptors (Lipinski definition) is 8. The molecule has 1 aliphatic heterocycles. The molecule has 7 nitrogen and oxygen atoms in total. The van der Waals surface area contributed by atoms with Crippen LogP contribution >= 0.6 is 11.8 Å². The number of para-hydroxylation sites is 1. The number of fused-ring (bicyclic) bond motifs is 3. The average molecular weight is 439 g/mol. The molecule has 0 aliphatic carbocycles. The molecule has 162 valence electrons. The molecular weight excluding hydrogens is 412 g/mol. The van der Waals surface area contributed by atoms with Gasteiger partial charge in [0.05, 0.1) is 19.8 Å². The highest BCUT2D eigenvalue weighted by Gasteiger charge is 2.28. The van der Waals surface area contributed by atoms with Crippen LogP contribution in [0.1, 0.15) is 38.0 Å². The summed E-state index contributed by atoms with van der Waals surface area (Å²) in [4.78, 5) is 4.70. The summed E-state index contributed by atoms with van der Waals surface area (Å²) in [5, 5.41) is 12.9. The Kier molecular flexibility index (Phi) is 6.76. The van der Waals surface area contributed by atoms with Crippen molar-refractivity contribution in [3.05, 3.63) is 48.0 Å². The Morgan fingerprint density at radius 2 is 1.94 bits per heavy atom. The van der Waals surface area contributed by atoms with Gasteiger partial charge in [0.1, 0.15) is 11.5 Å². The largest absolute Gasteiger partial charge is 0.497 e. The molecule has 0 bridgehead atoms. The molecule has 2 heterocycles. The second-order valence-corrected chi connectivity index (χ2v) is 8.16. The molecule has 8 heteroatoms. The summed E-state index contributed by atoms with van der Waals surface area (Å²) >= 11 is 1.60. The maximum Gasteiger partial charge on any atom is 0.247 e. The van der Waals surface area contributed by atoms with Gasteiger partial charge in [-0.1, -0.05) is 49.7 Å². The number of hydrogen-bond donors (Lipinski definition) is 1. The van der Waals surface area contributed by atoms with Crippen LogP contribution in [-0.2, 0) is 0 Å². The predicted molar refractivity (Wildman–Crippen MR) is 122 cm³/mol. The lowest BCUT2D eigenvalue weighted by Gasteiger charge is -2.21. The molecule has 0 amide bonds. The molecule has 1 aliphatic rings. The highest BCUT2D eigenvalue weighted by Crippen LogP contribution is 2.41. The summed E-state index contributed by atoms with van der Waals surface area (Å²) in [5.41, 5.74) is 3.20. The fourth-order valence-corrected chi connectivity index (χ4v) is 4.19. The lowest BCUT2D eigenvalue weighted by atomic mass is 10.1. The van der Waals surface area contributed by atoms with Gasteiger partial charge in [0, 0.05) is 17.0 Å². The third kappa shape index (κ3) is 4.69. The van der Waals surface area contributed by atoms with E-state index < -0.39 is 6.23 Å². The molecule has 31 heavy (non-hydrogen) atoms. The van der Waals surface area contributed by atoms with E-state index in [1.54, 1.807) is 26.0 Å². The van der Waals surface area contributed by atoms with Crippen LogP contribution in [-0.4, -0.2) is 35.2 Å². The number of methoxy groups -OCH3 is 2. The summed E-state index contributed by atoms with van der Waals surface area (Å²) in [7, 11) is 3.27. The quantitative estimate of drug-likeness (QED) is 0.373. The lowest BCUT2D eigenvalue weighted by Crippen LogP contribution is -2.18. The first kappa shape index (κ1) is 21.2. The van der Waals surface area contributed by atoms with Crippen molar-refractivity contribution in [1.82, 2.24) is 15.2 Å². The summed E-state index contributed by atoms with van der Waals surface area (Å²) in [6.07, 6.45) is 2.95. The van der Waals surface area contributed by atoms with Crippen molar-refractivity contribution in [3.8, 4) is 28.6 Å². The Bertz CT molecular complexity index is 1050. The van der Waals surface area contributed by atoms with E-state index in [1.165, 1.54) is 12.8 Å². The van der Waals surface area contributed by atoms with E-state index in [0.717, 1.165) is 29.0 Å². The first-order valence-electron chi connectivity index (χ1n) is 10.4. The summed E-state index contributed by atoms with van der Waals surface area (Å²) in [5.74, 6) is 2.80. The van der Waals surface area contributed by atoms with Gasteiger partial charge < -0.3 is 19.5 Å². The average Bonchev–Trinajstić information content (AvgIpc) is 2.98. The van der Waals surface area contributed by atoms with E-state index in [4.69, 9.17) is 19.2 Å². The molecule has 1 atom stereocenters. The van der Waals surface area contributed by atoms with Crippen LogP contribution in [0.25, 0.3) is 11.3 Å². The van der Waals surface area contributed by atoms with Crippen LogP contribution in [0.5, 0.6) is 17.4 Å². The number of anilines is 1. The molecule has 0 saturated heterocycles. The molecule has 0 unspecified atom stereocenters. The highest BCUT2D eigenvalue weighted by atomic mass is 32.2. The zero-order chi connectivity index (χ0) is 21.6. The number of nitrogens with zero attached hydrogens (tertiary/aromatic N) is 3. The van der Waals surface area contributed by atoms with Crippen LogP contribution in [0.3, 0.4) is 0 Å². The Balaban J connectivity index is 1.73. The highest BCUT2D eigenvalue weighted by molar-refractivity contribution is 7.99. The van der Waals surface area contributed by atoms with E-state index >= 15 is 0 Å². The number of benzene rings is 2. The van der Waals surface area contributed by atoms with Gasteiger partial charge in [0.15, 0.2) is 5.69 Å². The monoisotopic (exact) mass is 438 g/mol. The molecular formula is C23H26N4O3S. The molecule has 1 aromatic heterocycles. The second kappa shape index (κ2) is 9.87. The van der Waals surface area contributed by atoms with Crippen molar-refractivity contribution < 1.29 is 14.2 Å². The Hall–Kier alpha value is -3.00. The van der Waals surface area contributed by atoms with Crippen molar-refractivity contribution >= 4 is 17.4 Å². The molecule has 0 spiro atoms. The predicted octanol–water partition coefficient (Wildman–Crippen LogP) is 5.34. The molecule has 4 rings (SSSR count). The molecule has 3 aromatic rings. The van der Waals surface area contributed by atoms with Crippen LogP contribution < -0.4 is 19.5 Å². The Morgan fingerprint density at radius 3 is 2.74 bits per heavy atom. The van der Waals surface area contributed by atoms with Gasteiger partial charge in [-0.25, -0.2) is 0 Å². The van der Waals surface area contributed by atoms with Gasteiger partial charge in [-0.3, -0.25) is 0 Å². The second-order valence-electron chi connectivity index (χ2n) is 7.10. The summed E-state index contributed by atoms with van der Waals surface area (Å²) in [6.45, 7) is 2.19. The number of nitrogens with one attached hydrogen (secondary N) is 1. The van der Waals surface area contributed by atoms with Crippen LogP contribution in [0.2, 0.25) is 0 Å². The van der Waals surface area contributed by atoms with Crippen molar-refractivity contribution in [2.24, 2.45) is 0 Å². The number of unbranched alkanes of at least 4 members (excludes halogenated alkanes) is 2. The zero-order valence-corrected chi connectivity index (χ0v) is 18.7. The number of rotatable bonds is 8. The minimum absolute atomic E-state index is 0.445. The molecule has 1 N–H and O–H groups in total. The molecule has 0 saturated carbocycles. The third-order valence-corrected chi connectivity index (χ3v) is 5.96. The summed E-state index contributed by atoms with van der Waals surface area (Å²) in [6, 6.07) is 13.5. The maximum atomic E-state index is 6.36. The molecule has 0 radical (unpaired) electrons. The smallest absolute Gasteiger partial charge is 0.247 e. The van der Waals surface area contributed by atoms with Gasteiger partial charge in [0.2, 0.25) is 17.3 Å². The third-order valence-electron chi connectivity index (χ3n) is 5.03. The van der Waals surface area contributed by atoms with Gasteiger partial charge in [-0.15, -0.1) is 10.2 Å². The fourth-order valence-electron chi connectivity index (χ4n) is 3.41. The van der Waals surface area contributed by atoms with E-state index in [2.05, 4.69) is 22.4 Å². The van der Waals surface area contributed by atoms with E-state index in [9.17, 15) is 0 Å². The van der Waals surface area contributed by atoms with Gasteiger partial charge in [-0.05, 0) is 30.7 Å². The van der Waals surface area contributed by atoms with Crippen molar-refractivity contribution in [2.75, 3.05) is 25.3 Å². The molecule has 2 aromatic carbocycles. The topological polar surface area (TPSA) is 78.4 Å². The fraction of sp³-hybridized carbons (Fsp3) is 0.348. The first-order chi connectivity index (χ1) is 15.2. The van der Waals surface area contributed by atoms with Crippen LogP contribution in [0.15, 0.2) is 47.6 Å². The zero-order valence-electron chi connectivity index (χ0n) is 17.9. The maximum absolute atomic E-state index is 6.36. The lowest BCUT2D eigenvalue weighted by molar-refractivity contribution is 0.219. The Labute approximate surface area is 186 Å². The Morgan fingerprint density at radius 1 is 1.06 bits per heavy atom. The van der Waals surface area contributed by atoms with Gasteiger partial charge in [-0.2, -0.15) is 4.98 Å². The van der Waals surface area contributed by atoms with E-state index in [1.807, 2.05) is 42.5 Å². The number of aromatic nitrogens is 3. The minimum Gasteiger partial charge on any atom is -0.497 e. The normalized spacial score (nSPS) is 14.5. The van der Waals surface area contributed by atoms with E-state index in [-0.39, 0.29) is 0 Å². The van der Waals surface area contributed by atoms with Crippen molar-refractivity contribution in [3.63, 3.8) is 0 Å². The standard InChI is InChI=1S/C23H26N4O3S/c1-4-5-8-13-31-23-25-22-20(26-27-23)16-9-6-7-10-18(16)24-21(30-22)17-14-15(28-2)11-12-19(17)29-3/h6-7,9-12,14,21,24H,4-5,8,13H2,1-3H3/t21-/m1/s1. The first-order valence-corrected chi connectivity index (χ1v) is 11.3. The minimum atomic E-state index is -0.540. The van der Waals surface area contributed by atoms with E-state index in [0.29, 0.717) is 28.2 Å². The number of thioether (sulfide) groups is 1. The van der Waals surface area contributed by atoms with Crippen LogP contribution in [0, 0.1) is 0 Å². The van der Waals surface area contributed by atoms with Gasteiger partial charge >= 0.3 is 0 Å². The van der Waals surface area contributed by atoms with Gasteiger partial charge in [0.25, 0.3) is 0 Å². The SMILES string of the molecule is CCCCCSc1nnc2c(n1)O[C@H](c1cc(OC)ccc1OC)Nc1ccccc1-2. The van der Waals surface area contributed by atoms with Crippen LogP contribution in [0.4, 0.5) is 5.69 Å². The van der Waals surface area contributed by atoms with Crippen molar-refractivity contribution in [2.45, 2.75) is 37.6 Å².